The predicted octanol–water partition coefficient (Wildman–Crippen LogP) is 3.50. The second-order valence-corrected chi connectivity index (χ2v) is 6.61. The molecule has 0 aromatic heterocycles. The number of amides is 1. The first-order chi connectivity index (χ1) is 11.2. The topological polar surface area (TPSA) is 53.8 Å². The summed E-state index contributed by atoms with van der Waals surface area (Å²) in [5, 5.41) is 11.9. The zero-order chi connectivity index (χ0) is 16.1. The van der Waals surface area contributed by atoms with Crippen molar-refractivity contribution in [1.82, 2.24) is 5.32 Å². The summed E-state index contributed by atoms with van der Waals surface area (Å²) in [6.45, 7) is 0. The van der Waals surface area contributed by atoms with E-state index in [4.69, 9.17) is 11.6 Å². The van der Waals surface area contributed by atoms with Gasteiger partial charge in [-0.25, -0.2) is 0 Å². The SMILES string of the molecule is O=C1N/C(=N\N=Cc2ccccc2)SC1Cc1ccc(Cl)cc1. The minimum Gasteiger partial charge on any atom is -0.303 e. The molecule has 0 bridgehead atoms. The molecule has 2 aromatic rings. The van der Waals surface area contributed by atoms with Crippen LogP contribution < -0.4 is 5.32 Å². The quantitative estimate of drug-likeness (QED) is 0.682. The Morgan fingerprint density at radius 3 is 2.61 bits per heavy atom. The van der Waals surface area contributed by atoms with E-state index in [0.717, 1.165) is 11.1 Å². The van der Waals surface area contributed by atoms with Crippen molar-refractivity contribution in [3.8, 4) is 0 Å². The van der Waals surface area contributed by atoms with Crippen LogP contribution in [-0.2, 0) is 11.2 Å². The Bertz CT molecular complexity index is 744. The summed E-state index contributed by atoms with van der Waals surface area (Å²) < 4.78 is 0. The second kappa shape index (κ2) is 7.44. The maximum Gasteiger partial charge on any atom is 0.239 e. The molecule has 4 nitrogen and oxygen atoms in total. The van der Waals surface area contributed by atoms with E-state index in [1.54, 1.807) is 6.21 Å². The summed E-state index contributed by atoms with van der Waals surface area (Å²) in [5.74, 6) is -0.0430. The van der Waals surface area contributed by atoms with Crippen LogP contribution in [0.15, 0.2) is 64.8 Å². The molecule has 1 fully saturated rings. The van der Waals surface area contributed by atoms with E-state index in [-0.39, 0.29) is 11.2 Å². The fourth-order valence-electron chi connectivity index (χ4n) is 2.11. The average molecular weight is 344 g/mol. The van der Waals surface area contributed by atoms with Crippen LogP contribution in [0.2, 0.25) is 5.02 Å². The predicted molar refractivity (Wildman–Crippen MR) is 96.1 cm³/mol. The van der Waals surface area contributed by atoms with Gasteiger partial charge in [-0.1, -0.05) is 65.8 Å². The summed E-state index contributed by atoms with van der Waals surface area (Å²) >= 11 is 7.26. The molecular formula is C17H14ClN3OS. The van der Waals surface area contributed by atoms with E-state index >= 15 is 0 Å². The molecule has 0 saturated carbocycles. The molecule has 1 amide bonds. The van der Waals surface area contributed by atoms with Crippen molar-refractivity contribution < 1.29 is 4.79 Å². The Hall–Kier alpha value is -2.11. The Morgan fingerprint density at radius 1 is 1.13 bits per heavy atom. The molecule has 3 rings (SSSR count). The average Bonchev–Trinajstić information content (AvgIpc) is 2.90. The minimum atomic E-state index is -0.193. The molecule has 1 aliphatic heterocycles. The lowest BCUT2D eigenvalue weighted by molar-refractivity contribution is -0.118. The minimum absolute atomic E-state index is 0.0430. The number of thioether (sulfide) groups is 1. The summed E-state index contributed by atoms with van der Waals surface area (Å²) in [5.41, 5.74) is 2.03. The Kier molecular flexibility index (Phi) is 5.10. The molecule has 116 valence electrons. The molecule has 1 heterocycles. The lowest BCUT2D eigenvalue weighted by atomic mass is 10.1. The zero-order valence-corrected chi connectivity index (χ0v) is 13.7. The van der Waals surface area contributed by atoms with Crippen LogP contribution >= 0.6 is 23.4 Å². The Balaban J connectivity index is 1.61. The van der Waals surface area contributed by atoms with Crippen molar-refractivity contribution in [1.29, 1.82) is 0 Å². The van der Waals surface area contributed by atoms with Gasteiger partial charge < -0.3 is 5.32 Å². The van der Waals surface area contributed by atoms with Crippen LogP contribution in [0, 0.1) is 0 Å². The molecule has 0 spiro atoms. The third-order valence-electron chi connectivity index (χ3n) is 3.27. The number of carbonyl (C=O) groups is 1. The van der Waals surface area contributed by atoms with Gasteiger partial charge in [-0.15, -0.1) is 5.10 Å². The van der Waals surface area contributed by atoms with Gasteiger partial charge in [0.05, 0.1) is 11.5 Å². The zero-order valence-electron chi connectivity index (χ0n) is 12.1. The maximum atomic E-state index is 12.0. The van der Waals surface area contributed by atoms with Crippen LogP contribution in [-0.4, -0.2) is 22.5 Å². The van der Waals surface area contributed by atoms with E-state index in [2.05, 4.69) is 15.5 Å². The highest BCUT2D eigenvalue weighted by molar-refractivity contribution is 8.15. The van der Waals surface area contributed by atoms with E-state index in [1.165, 1.54) is 11.8 Å². The van der Waals surface area contributed by atoms with Crippen LogP contribution in [0.4, 0.5) is 0 Å². The lowest BCUT2D eigenvalue weighted by Crippen LogP contribution is -2.25. The van der Waals surface area contributed by atoms with E-state index < -0.39 is 0 Å². The molecule has 6 heteroatoms. The molecule has 2 aromatic carbocycles. The van der Waals surface area contributed by atoms with Gasteiger partial charge in [0.2, 0.25) is 5.91 Å². The first-order valence-electron chi connectivity index (χ1n) is 7.09. The summed E-state index contributed by atoms with van der Waals surface area (Å²) in [6.07, 6.45) is 2.29. The number of nitrogens with zero attached hydrogens (tertiary/aromatic N) is 2. The number of halogens is 1. The van der Waals surface area contributed by atoms with Gasteiger partial charge in [0.15, 0.2) is 5.17 Å². The van der Waals surface area contributed by atoms with Gasteiger partial charge in [-0.2, -0.15) is 5.10 Å². The number of amidine groups is 1. The molecule has 1 unspecified atom stereocenters. The van der Waals surface area contributed by atoms with Crippen LogP contribution in [0.1, 0.15) is 11.1 Å². The molecule has 0 radical (unpaired) electrons. The normalized spacial score (nSPS) is 19.4. The van der Waals surface area contributed by atoms with Crippen LogP contribution in [0.25, 0.3) is 0 Å². The largest absolute Gasteiger partial charge is 0.303 e. The molecule has 1 aliphatic rings. The summed E-state index contributed by atoms with van der Waals surface area (Å²) in [6, 6.07) is 17.2. The van der Waals surface area contributed by atoms with Crippen molar-refractivity contribution in [2.45, 2.75) is 11.7 Å². The number of carbonyl (C=O) groups excluding carboxylic acids is 1. The first kappa shape index (κ1) is 15.8. The van der Waals surface area contributed by atoms with Gasteiger partial charge in [0.1, 0.15) is 0 Å². The highest BCUT2D eigenvalue weighted by Crippen LogP contribution is 2.24. The summed E-state index contributed by atoms with van der Waals surface area (Å²) in [7, 11) is 0. The molecule has 0 aliphatic carbocycles. The fourth-order valence-corrected chi connectivity index (χ4v) is 3.20. The number of nitrogens with one attached hydrogen (secondary N) is 1. The Labute approximate surface area is 143 Å². The van der Waals surface area contributed by atoms with Crippen molar-refractivity contribution in [2.24, 2.45) is 10.2 Å². The van der Waals surface area contributed by atoms with E-state index in [0.29, 0.717) is 16.6 Å². The van der Waals surface area contributed by atoms with Gasteiger partial charge in [-0.3, -0.25) is 4.79 Å². The first-order valence-corrected chi connectivity index (χ1v) is 8.34. The Morgan fingerprint density at radius 2 is 1.87 bits per heavy atom. The van der Waals surface area contributed by atoms with Crippen molar-refractivity contribution in [3.63, 3.8) is 0 Å². The highest BCUT2D eigenvalue weighted by atomic mass is 35.5. The van der Waals surface area contributed by atoms with Crippen LogP contribution in [0.3, 0.4) is 0 Å². The van der Waals surface area contributed by atoms with Gasteiger partial charge in [0, 0.05) is 5.02 Å². The van der Waals surface area contributed by atoms with Crippen molar-refractivity contribution >= 4 is 40.7 Å². The second-order valence-electron chi connectivity index (χ2n) is 4.99. The fraction of sp³-hybridized carbons (Fsp3) is 0.118. The lowest BCUT2D eigenvalue weighted by Gasteiger charge is -2.05. The van der Waals surface area contributed by atoms with Gasteiger partial charge in [-0.05, 0) is 29.7 Å². The molecule has 23 heavy (non-hydrogen) atoms. The van der Waals surface area contributed by atoms with Crippen molar-refractivity contribution in [2.75, 3.05) is 0 Å². The maximum absolute atomic E-state index is 12.0. The van der Waals surface area contributed by atoms with E-state index in [1.807, 2.05) is 54.6 Å². The number of hydrogen-bond donors (Lipinski definition) is 1. The highest BCUT2D eigenvalue weighted by Gasteiger charge is 2.30. The smallest absolute Gasteiger partial charge is 0.239 e. The van der Waals surface area contributed by atoms with Gasteiger partial charge in [0.25, 0.3) is 0 Å². The standard InChI is InChI=1S/C17H14ClN3OS/c18-14-8-6-12(7-9-14)10-15-16(22)20-17(23-15)21-19-11-13-4-2-1-3-5-13/h1-9,11,15H,10H2,(H,20,21,22). The van der Waals surface area contributed by atoms with Gasteiger partial charge >= 0.3 is 0 Å². The summed E-state index contributed by atoms with van der Waals surface area (Å²) in [4.78, 5) is 12.0. The van der Waals surface area contributed by atoms with Crippen LogP contribution in [0.5, 0.6) is 0 Å². The number of benzene rings is 2. The third kappa shape index (κ3) is 4.43. The van der Waals surface area contributed by atoms with Crippen molar-refractivity contribution in [3.05, 3.63) is 70.7 Å². The molecule has 1 atom stereocenters. The molecule has 1 N–H and O–H groups in total. The number of hydrogen-bond acceptors (Lipinski definition) is 4. The van der Waals surface area contributed by atoms with E-state index in [9.17, 15) is 4.79 Å². The molecule has 1 saturated heterocycles. The number of rotatable bonds is 4. The monoisotopic (exact) mass is 343 g/mol. The third-order valence-corrected chi connectivity index (χ3v) is 4.59. The molecular weight excluding hydrogens is 330 g/mol.